The van der Waals surface area contributed by atoms with E-state index in [-0.39, 0.29) is 0 Å². The highest BCUT2D eigenvalue weighted by Gasteiger charge is 2.15. The van der Waals surface area contributed by atoms with Crippen LogP contribution in [-0.4, -0.2) is 11.5 Å². The standard InChI is InChI=1S/C15H22N2/c1-4-16-15(9-11(2)3)13-10-17-14-8-6-5-7-12(13)14/h5-8,10-11,15-17H,4,9H2,1-3H3. The molecule has 0 saturated heterocycles. The van der Waals surface area contributed by atoms with Gasteiger partial charge in [0.2, 0.25) is 0 Å². The van der Waals surface area contributed by atoms with Gasteiger partial charge in [-0.15, -0.1) is 0 Å². The highest BCUT2D eigenvalue weighted by molar-refractivity contribution is 5.83. The molecule has 1 atom stereocenters. The molecule has 0 amide bonds. The van der Waals surface area contributed by atoms with Crippen molar-refractivity contribution in [1.82, 2.24) is 10.3 Å². The fourth-order valence-corrected chi connectivity index (χ4v) is 2.42. The van der Waals surface area contributed by atoms with Crippen LogP contribution < -0.4 is 5.32 Å². The Labute approximate surface area is 103 Å². The molecule has 17 heavy (non-hydrogen) atoms. The molecule has 2 N–H and O–H groups in total. The van der Waals surface area contributed by atoms with Gasteiger partial charge < -0.3 is 10.3 Å². The molecule has 1 heterocycles. The Kier molecular flexibility index (Phi) is 3.85. The minimum atomic E-state index is 0.455. The Balaban J connectivity index is 2.34. The van der Waals surface area contributed by atoms with Crippen molar-refractivity contribution in [3.05, 3.63) is 36.0 Å². The van der Waals surface area contributed by atoms with Crippen molar-refractivity contribution in [3.8, 4) is 0 Å². The summed E-state index contributed by atoms with van der Waals surface area (Å²) in [6, 6.07) is 8.98. The molecule has 2 nitrogen and oxygen atoms in total. The Bertz CT molecular complexity index is 470. The van der Waals surface area contributed by atoms with Crippen LogP contribution in [0.2, 0.25) is 0 Å². The first-order valence-corrected chi connectivity index (χ1v) is 6.51. The number of aromatic amines is 1. The van der Waals surface area contributed by atoms with E-state index in [0.717, 1.165) is 6.54 Å². The normalized spacial score (nSPS) is 13.4. The van der Waals surface area contributed by atoms with Gasteiger partial charge in [0.05, 0.1) is 0 Å². The van der Waals surface area contributed by atoms with E-state index < -0.39 is 0 Å². The zero-order valence-electron chi connectivity index (χ0n) is 11.0. The number of hydrogen-bond acceptors (Lipinski definition) is 1. The molecule has 0 fully saturated rings. The van der Waals surface area contributed by atoms with Gasteiger partial charge in [0.25, 0.3) is 0 Å². The van der Waals surface area contributed by atoms with Gasteiger partial charge in [0.1, 0.15) is 0 Å². The molecule has 0 aliphatic heterocycles. The molecular formula is C15H22N2. The van der Waals surface area contributed by atoms with E-state index >= 15 is 0 Å². The number of fused-ring (bicyclic) bond motifs is 1. The van der Waals surface area contributed by atoms with E-state index in [4.69, 9.17) is 0 Å². The van der Waals surface area contributed by atoms with Gasteiger partial charge in [-0.3, -0.25) is 0 Å². The van der Waals surface area contributed by atoms with E-state index in [1.807, 2.05) is 0 Å². The zero-order chi connectivity index (χ0) is 12.3. The molecule has 1 aromatic carbocycles. The van der Waals surface area contributed by atoms with Gasteiger partial charge in [-0.2, -0.15) is 0 Å². The predicted molar refractivity (Wildman–Crippen MR) is 74.2 cm³/mol. The average Bonchev–Trinajstić information content (AvgIpc) is 2.71. The monoisotopic (exact) mass is 230 g/mol. The maximum absolute atomic E-state index is 3.59. The number of rotatable bonds is 5. The van der Waals surface area contributed by atoms with Crippen molar-refractivity contribution in [3.63, 3.8) is 0 Å². The predicted octanol–water partition coefficient (Wildman–Crippen LogP) is 3.86. The average molecular weight is 230 g/mol. The van der Waals surface area contributed by atoms with Crippen LogP contribution in [0.3, 0.4) is 0 Å². The quantitative estimate of drug-likeness (QED) is 0.802. The minimum Gasteiger partial charge on any atom is -0.361 e. The summed E-state index contributed by atoms with van der Waals surface area (Å²) in [5.41, 5.74) is 2.63. The van der Waals surface area contributed by atoms with Crippen LogP contribution in [0.25, 0.3) is 10.9 Å². The van der Waals surface area contributed by atoms with Crippen LogP contribution in [0.15, 0.2) is 30.5 Å². The highest BCUT2D eigenvalue weighted by atomic mass is 14.9. The maximum atomic E-state index is 3.59. The summed E-state index contributed by atoms with van der Waals surface area (Å²) < 4.78 is 0. The SMILES string of the molecule is CCNC(CC(C)C)c1c[nH]c2ccccc12. The molecule has 0 spiro atoms. The van der Waals surface area contributed by atoms with E-state index in [2.05, 4.69) is 61.5 Å². The maximum Gasteiger partial charge on any atom is 0.0457 e. The zero-order valence-corrected chi connectivity index (χ0v) is 11.0. The molecule has 0 aliphatic rings. The molecule has 2 heteroatoms. The fraction of sp³-hybridized carbons (Fsp3) is 0.467. The van der Waals surface area contributed by atoms with Gasteiger partial charge >= 0.3 is 0 Å². The lowest BCUT2D eigenvalue weighted by Crippen LogP contribution is -2.22. The van der Waals surface area contributed by atoms with Gasteiger partial charge in [0.15, 0.2) is 0 Å². The molecule has 1 unspecified atom stereocenters. The van der Waals surface area contributed by atoms with Crippen LogP contribution in [0.5, 0.6) is 0 Å². The van der Waals surface area contributed by atoms with Crippen molar-refractivity contribution >= 4 is 10.9 Å². The van der Waals surface area contributed by atoms with Gasteiger partial charge in [0, 0.05) is 23.1 Å². The van der Waals surface area contributed by atoms with Gasteiger partial charge in [-0.05, 0) is 30.5 Å². The fourth-order valence-electron chi connectivity index (χ4n) is 2.42. The topological polar surface area (TPSA) is 27.8 Å². The summed E-state index contributed by atoms with van der Waals surface area (Å²) in [7, 11) is 0. The molecule has 0 aliphatic carbocycles. The molecule has 0 saturated carbocycles. The van der Waals surface area contributed by atoms with E-state index in [1.165, 1.54) is 22.9 Å². The lowest BCUT2D eigenvalue weighted by atomic mass is 9.96. The van der Waals surface area contributed by atoms with Crippen molar-refractivity contribution < 1.29 is 0 Å². The molecule has 1 aromatic heterocycles. The molecule has 2 aromatic rings. The second-order valence-electron chi connectivity index (χ2n) is 5.03. The smallest absolute Gasteiger partial charge is 0.0457 e. The molecular weight excluding hydrogens is 208 g/mol. The summed E-state index contributed by atoms with van der Waals surface area (Å²) in [4.78, 5) is 3.36. The number of aromatic nitrogens is 1. The Morgan fingerprint density at radius 3 is 2.71 bits per heavy atom. The summed E-state index contributed by atoms with van der Waals surface area (Å²) in [6.45, 7) is 7.73. The minimum absolute atomic E-state index is 0.455. The van der Waals surface area contributed by atoms with Crippen molar-refractivity contribution in [2.45, 2.75) is 33.2 Å². The summed E-state index contributed by atoms with van der Waals surface area (Å²) in [6.07, 6.45) is 3.33. The third kappa shape index (κ3) is 2.70. The summed E-state index contributed by atoms with van der Waals surface area (Å²) >= 11 is 0. The van der Waals surface area contributed by atoms with Crippen LogP contribution in [0, 0.1) is 5.92 Å². The van der Waals surface area contributed by atoms with Gasteiger partial charge in [-0.1, -0.05) is 39.0 Å². The summed E-state index contributed by atoms with van der Waals surface area (Å²) in [5, 5.41) is 4.93. The lowest BCUT2D eigenvalue weighted by Gasteiger charge is -2.19. The first-order valence-electron chi connectivity index (χ1n) is 6.51. The third-order valence-electron chi connectivity index (χ3n) is 3.15. The first-order chi connectivity index (χ1) is 8.22. The molecule has 0 bridgehead atoms. The number of nitrogens with one attached hydrogen (secondary N) is 2. The molecule has 2 rings (SSSR count). The van der Waals surface area contributed by atoms with Gasteiger partial charge in [-0.25, -0.2) is 0 Å². The Morgan fingerprint density at radius 2 is 2.00 bits per heavy atom. The van der Waals surface area contributed by atoms with Crippen molar-refractivity contribution in [2.75, 3.05) is 6.54 Å². The molecule has 0 radical (unpaired) electrons. The van der Waals surface area contributed by atoms with Crippen LogP contribution in [-0.2, 0) is 0 Å². The molecule has 92 valence electrons. The Morgan fingerprint density at radius 1 is 1.24 bits per heavy atom. The van der Waals surface area contributed by atoms with E-state index in [1.54, 1.807) is 0 Å². The number of H-pyrrole nitrogens is 1. The second-order valence-corrected chi connectivity index (χ2v) is 5.03. The van der Waals surface area contributed by atoms with E-state index in [9.17, 15) is 0 Å². The summed E-state index contributed by atoms with van der Waals surface area (Å²) in [5.74, 6) is 0.702. The number of benzene rings is 1. The van der Waals surface area contributed by atoms with Crippen molar-refractivity contribution in [1.29, 1.82) is 0 Å². The van der Waals surface area contributed by atoms with Crippen LogP contribution >= 0.6 is 0 Å². The van der Waals surface area contributed by atoms with E-state index in [0.29, 0.717) is 12.0 Å². The number of para-hydroxylation sites is 1. The highest BCUT2D eigenvalue weighted by Crippen LogP contribution is 2.28. The third-order valence-corrected chi connectivity index (χ3v) is 3.15. The number of hydrogen-bond donors (Lipinski definition) is 2. The second kappa shape index (κ2) is 5.37. The lowest BCUT2D eigenvalue weighted by molar-refractivity contribution is 0.440. The van der Waals surface area contributed by atoms with Crippen LogP contribution in [0.1, 0.15) is 38.8 Å². The van der Waals surface area contributed by atoms with Crippen molar-refractivity contribution in [2.24, 2.45) is 5.92 Å². The first kappa shape index (κ1) is 12.2. The Hall–Kier alpha value is -1.28. The largest absolute Gasteiger partial charge is 0.361 e. The van der Waals surface area contributed by atoms with Crippen LogP contribution in [0.4, 0.5) is 0 Å².